The van der Waals surface area contributed by atoms with Gasteiger partial charge in [-0.15, -0.1) is 12.4 Å². The van der Waals surface area contributed by atoms with Gasteiger partial charge in [0.15, 0.2) is 11.0 Å². The van der Waals surface area contributed by atoms with Gasteiger partial charge < -0.3 is 15.1 Å². The Bertz CT molecular complexity index is 354. The van der Waals surface area contributed by atoms with E-state index in [2.05, 4.69) is 0 Å². The molecule has 4 nitrogen and oxygen atoms in total. The number of hydrogen-bond donors (Lipinski definition) is 1. The summed E-state index contributed by atoms with van der Waals surface area (Å²) >= 11 is 5.58. The molecular formula is C9H12Cl2N2O2. The number of likely N-dealkylation sites (tertiary alicyclic amines) is 1. The summed E-state index contributed by atoms with van der Waals surface area (Å²) in [7, 11) is 0. The third kappa shape index (κ3) is 2.65. The quantitative estimate of drug-likeness (QED) is 0.823. The number of nitrogens with zero attached hydrogens (tertiary/aromatic N) is 1. The summed E-state index contributed by atoms with van der Waals surface area (Å²) < 4.78 is 5.03. The van der Waals surface area contributed by atoms with Crippen molar-refractivity contribution in [3.05, 3.63) is 23.1 Å². The van der Waals surface area contributed by atoms with Crippen LogP contribution < -0.4 is 5.73 Å². The average Bonchev–Trinajstić information content (AvgIpc) is 2.73. The van der Waals surface area contributed by atoms with Crippen molar-refractivity contribution in [2.24, 2.45) is 5.73 Å². The molecule has 1 saturated heterocycles. The fraction of sp³-hybridized carbons (Fsp3) is 0.444. The number of nitrogens with two attached hydrogens (primary N) is 1. The van der Waals surface area contributed by atoms with Crippen molar-refractivity contribution in [3.63, 3.8) is 0 Å². The Morgan fingerprint density at radius 1 is 1.60 bits per heavy atom. The lowest BCUT2D eigenvalue weighted by Gasteiger charge is -2.13. The normalized spacial score (nSPS) is 20.1. The van der Waals surface area contributed by atoms with Gasteiger partial charge in [-0.25, -0.2) is 0 Å². The second-order valence-electron chi connectivity index (χ2n) is 3.40. The number of amides is 1. The standard InChI is InChI=1S/C9H11ClN2O2.ClH/c10-8-2-1-7(14-8)9(13)12-4-3-6(11)5-12;/h1-2,6H,3-5,11H2;1H/t6-;/m1./s1. The maximum atomic E-state index is 11.7. The first-order valence-electron chi connectivity index (χ1n) is 4.47. The Labute approximate surface area is 98.8 Å². The lowest BCUT2D eigenvalue weighted by Crippen LogP contribution is -2.31. The molecule has 1 aliphatic rings. The molecule has 2 N–H and O–H groups in total. The highest BCUT2D eigenvalue weighted by Gasteiger charge is 2.26. The summed E-state index contributed by atoms with van der Waals surface area (Å²) in [6, 6.07) is 3.23. The van der Waals surface area contributed by atoms with Crippen molar-refractivity contribution < 1.29 is 9.21 Å². The van der Waals surface area contributed by atoms with Crippen LogP contribution in [-0.4, -0.2) is 29.9 Å². The first-order valence-corrected chi connectivity index (χ1v) is 4.85. The summed E-state index contributed by atoms with van der Waals surface area (Å²) in [5.74, 6) is 0.147. The number of carbonyl (C=O) groups is 1. The van der Waals surface area contributed by atoms with Crippen LogP contribution in [0.3, 0.4) is 0 Å². The molecule has 1 aliphatic heterocycles. The van der Waals surface area contributed by atoms with E-state index in [1.54, 1.807) is 17.0 Å². The predicted molar refractivity (Wildman–Crippen MR) is 59.5 cm³/mol. The smallest absolute Gasteiger partial charge is 0.289 e. The minimum Gasteiger partial charge on any atom is -0.440 e. The first-order chi connectivity index (χ1) is 6.66. The molecule has 0 aliphatic carbocycles. The summed E-state index contributed by atoms with van der Waals surface area (Å²) in [5, 5.41) is 0.233. The van der Waals surface area contributed by atoms with E-state index in [0.717, 1.165) is 6.42 Å². The highest BCUT2D eigenvalue weighted by molar-refractivity contribution is 6.29. The van der Waals surface area contributed by atoms with E-state index >= 15 is 0 Å². The van der Waals surface area contributed by atoms with Gasteiger partial charge in [0.1, 0.15) is 0 Å². The molecule has 84 valence electrons. The van der Waals surface area contributed by atoms with E-state index in [0.29, 0.717) is 13.1 Å². The second kappa shape index (κ2) is 4.88. The minimum atomic E-state index is -0.134. The van der Waals surface area contributed by atoms with Crippen molar-refractivity contribution >= 4 is 29.9 Å². The molecule has 6 heteroatoms. The molecule has 1 aromatic rings. The predicted octanol–water partition coefficient (Wildman–Crippen LogP) is 1.53. The van der Waals surface area contributed by atoms with Gasteiger partial charge in [-0.1, -0.05) is 0 Å². The van der Waals surface area contributed by atoms with Crippen molar-refractivity contribution in [1.29, 1.82) is 0 Å². The third-order valence-electron chi connectivity index (χ3n) is 2.30. The molecule has 2 heterocycles. The van der Waals surface area contributed by atoms with Gasteiger partial charge in [0.2, 0.25) is 0 Å². The van der Waals surface area contributed by atoms with E-state index in [1.807, 2.05) is 0 Å². The average molecular weight is 251 g/mol. The van der Waals surface area contributed by atoms with Crippen LogP contribution in [0.25, 0.3) is 0 Å². The maximum Gasteiger partial charge on any atom is 0.289 e. The molecule has 0 unspecified atom stereocenters. The van der Waals surface area contributed by atoms with E-state index in [4.69, 9.17) is 21.8 Å². The first kappa shape index (κ1) is 12.4. The van der Waals surface area contributed by atoms with Crippen molar-refractivity contribution in [1.82, 2.24) is 4.90 Å². The number of furan rings is 1. The Balaban J connectivity index is 0.00000112. The largest absolute Gasteiger partial charge is 0.440 e. The van der Waals surface area contributed by atoms with Gasteiger partial charge in [-0.3, -0.25) is 4.79 Å². The van der Waals surface area contributed by atoms with Gasteiger partial charge in [0.25, 0.3) is 5.91 Å². The summed E-state index contributed by atoms with van der Waals surface area (Å²) in [6.07, 6.45) is 0.847. The maximum absolute atomic E-state index is 11.7. The molecule has 15 heavy (non-hydrogen) atoms. The lowest BCUT2D eigenvalue weighted by atomic mass is 10.3. The van der Waals surface area contributed by atoms with E-state index < -0.39 is 0 Å². The molecule has 1 fully saturated rings. The molecule has 1 aromatic heterocycles. The second-order valence-corrected chi connectivity index (χ2v) is 3.78. The highest BCUT2D eigenvalue weighted by atomic mass is 35.5. The Kier molecular flexibility index (Phi) is 4.02. The minimum absolute atomic E-state index is 0. The monoisotopic (exact) mass is 250 g/mol. The fourth-order valence-electron chi connectivity index (χ4n) is 1.56. The van der Waals surface area contributed by atoms with Gasteiger partial charge in [0, 0.05) is 19.1 Å². The Hall–Kier alpha value is -0.710. The van der Waals surface area contributed by atoms with Crippen LogP contribution in [-0.2, 0) is 0 Å². The summed E-state index contributed by atoms with van der Waals surface area (Å²) in [6.45, 7) is 1.29. The zero-order valence-corrected chi connectivity index (χ0v) is 9.55. The molecule has 0 saturated carbocycles. The van der Waals surface area contributed by atoms with Crippen LogP contribution in [0.15, 0.2) is 16.5 Å². The fourth-order valence-corrected chi connectivity index (χ4v) is 1.70. The van der Waals surface area contributed by atoms with Crippen molar-refractivity contribution in [3.8, 4) is 0 Å². The van der Waals surface area contributed by atoms with Crippen LogP contribution in [0.5, 0.6) is 0 Å². The molecule has 0 aromatic carbocycles. The number of hydrogen-bond acceptors (Lipinski definition) is 3. The molecule has 0 bridgehead atoms. The van der Waals surface area contributed by atoms with Gasteiger partial charge in [-0.05, 0) is 30.2 Å². The summed E-state index contributed by atoms with van der Waals surface area (Å²) in [5.41, 5.74) is 5.70. The number of rotatable bonds is 1. The molecule has 1 amide bonds. The summed E-state index contributed by atoms with van der Waals surface area (Å²) in [4.78, 5) is 13.4. The van der Waals surface area contributed by atoms with Crippen molar-refractivity contribution in [2.45, 2.75) is 12.5 Å². The lowest BCUT2D eigenvalue weighted by molar-refractivity contribution is 0.0759. The van der Waals surface area contributed by atoms with E-state index in [-0.39, 0.29) is 35.3 Å². The van der Waals surface area contributed by atoms with Gasteiger partial charge in [0.05, 0.1) is 0 Å². The molecular weight excluding hydrogens is 239 g/mol. The van der Waals surface area contributed by atoms with Crippen molar-refractivity contribution in [2.75, 3.05) is 13.1 Å². The number of halogens is 2. The van der Waals surface area contributed by atoms with E-state index in [9.17, 15) is 4.79 Å². The van der Waals surface area contributed by atoms with Crippen LogP contribution in [0.4, 0.5) is 0 Å². The number of carbonyl (C=O) groups excluding carboxylic acids is 1. The molecule has 0 spiro atoms. The third-order valence-corrected chi connectivity index (χ3v) is 2.50. The van der Waals surface area contributed by atoms with Crippen LogP contribution in [0.2, 0.25) is 5.22 Å². The topological polar surface area (TPSA) is 59.5 Å². The van der Waals surface area contributed by atoms with Crippen LogP contribution >= 0.6 is 24.0 Å². The van der Waals surface area contributed by atoms with Crippen LogP contribution in [0.1, 0.15) is 17.0 Å². The SMILES string of the molecule is Cl.N[C@@H]1CCN(C(=O)c2ccc(Cl)o2)C1. The highest BCUT2D eigenvalue weighted by Crippen LogP contribution is 2.17. The Morgan fingerprint density at radius 3 is 2.80 bits per heavy atom. The zero-order valence-electron chi connectivity index (χ0n) is 7.98. The zero-order chi connectivity index (χ0) is 10.1. The molecule has 1 atom stereocenters. The van der Waals surface area contributed by atoms with Gasteiger partial charge in [-0.2, -0.15) is 0 Å². The molecule has 2 rings (SSSR count). The van der Waals surface area contributed by atoms with Crippen LogP contribution in [0, 0.1) is 0 Å². The van der Waals surface area contributed by atoms with Gasteiger partial charge >= 0.3 is 0 Å². The Morgan fingerprint density at radius 2 is 2.33 bits per heavy atom. The molecule has 0 radical (unpaired) electrons. The van der Waals surface area contributed by atoms with E-state index in [1.165, 1.54) is 0 Å².